The number of nitro groups is 1. The molecule has 0 unspecified atom stereocenters. The molecular weight excluding hydrogens is 278 g/mol. The summed E-state index contributed by atoms with van der Waals surface area (Å²) in [5.41, 5.74) is 10.6. The largest absolute Gasteiger partial charge is 0.369 e. The maximum absolute atomic E-state index is 10.5. The Kier molecular flexibility index (Phi) is 3.95. The van der Waals surface area contributed by atoms with Crippen molar-refractivity contribution in [1.29, 1.82) is 0 Å². The van der Waals surface area contributed by atoms with Crippen LogP contribution in [0.1, 0.15) is 5.56 Å². The summed E-state index contributed by atoms with van der Waals surface area (Å²) in [5, 5.41) is 17.5. The van der Waals surface area contributed by atoms with E-state index in [0.29, 0.717) is 10.0 Å². The molecule has 8 heteroatoms. The number of nitrogens with zero attached hydrogens (tertiary/aromatic N) is 3. The van der Waals surface area contributed by atoms with E-state index in [2.05, 4.69) is 26.1 Å². The molecule has 16 heavy (non-hydrogen) atoms. The fourth-order valence-corrected chi connectivity index (χ4v) is 1.25. The molecule has 0 amide bonds. The lowest BCUT2D eigenvalue weighted by atomic mass is 10.2. The second-order valence-electron chi connectivity index (χ2n) is 2.73. The van der Waals surface area contributed by atoms with Crippen LogP contribution in [-0.2, 0) is 0 Å². The number of hydrogen-bond acceptors (Lipinski definition) is 4. The molecule has 0 bridgehead atoms. The van der Waals surface area contributed by atoms with Crippen LogP contribution in [-0.4, -0.2) is 17.1 Å². The predicted molar refractivity (Wildman–Crippen MR) is 64.2 cm³/mol. The van der Waals surface area contributed by atoms with Crippen LogP contribution < -0.4 is 11.5 Å². The Bertz CT molecular complexity index is 467. The summed E-state index contributed by atoms with van der Waals surface area (Å²) < 4.78 is 0.660. The number of halogens is 1. The highest BCUT2D eigenvalue weighted by atomic mass is 79.9. The van der Waals surface area contributed by atoms with Gasteiger partial charge in [0.2, 0.25) is 5.96 Å². The standard InChI is InChI=1S/C8H8BrN5O2/c9-7-2-1-6(14(15)16)3-5(7)4-12-13-8(10)11/h1-4H,(H4,10,11,13). The lowest BCUT2D eigenvalue weighted by molar-refractivity contribution is -0.384. The molecule has 0 spiro atoms. The minimum atomic E-state index is -0.496. The summed E-state index contributed by atoms with van der Waals surface area (Å²) in [6.07, 6.45) is 1.32. The second-order valence-corrected chi connectivity index (χ2v) is 3.59. The summed E-state index contributed by atoms with van der Waals surface area (Å²) in [5.74, 6) is -0.183. The molecule has 0 fully saturated rings. The van der Waals surface area contributed by atoms with E-state index in [-0.39, 0.29) is 11.6 Å². The van der Waals surface area contributed by atoms with Gasteiger partial charge in [-0.2, -0.15) is 5.10 Å². The first-order valence-corrected chi connectivity index (χ1v) is 4.86. The van der Waals surface area contributed by atoms with Crippen molar-refractivity contribution in [3.8, 4) is 0 Å². The van der Waals surface area contributed by atoms with Crippen LogP contribution in [0, 0.1) is 10.1 Å². The third kappa shape index (κ3) is 3.31. The topological polar surface area (TPSA) is 120 Å². The van der Waals surface area contributed by atoms with Crippen LogP contribution in [0.2, 0.25) is 0 Å². The van der Waals surface area contributed by atoms with Crippen LogP contribution in [0.4, 0.5) is 5.69 Å². The zero-order valence-corrected chi connectivity index (χ0v) is 9.59. The van der Waals surface area contributed by atoms with Gasteiger partial charge in [0, 0.05) is 22.2 Å². The first-order chi connectivity index (χ1) is 7.50. The number of nitrogens with two attached hydrogens (primary N) is 2. The molecule has 0 aromatic heterocycles. The number of guanidine groups is 1. The van der Waals surface area contributed by atoms with Gasteiger partial charge in [-0.1, -0.05) is 15.9 Å². The van der Waals surface area contributed by atoms with Gasteiger partial charge in [-0.3, -0.25) is 10.1 Å². The minimum absolute atomic E-state index is 0.0330. The molecule has 1 aromatic carbocycles. The van der Waals surface area contributed by atoms with Crippen molar-refractivity contribution in [3.05, 3.63) is 38.3 Å². The van der Waals surface area contributed by atoms with E-state index in [9.17, 15) is 10.1 Å². The van der Waals surface area contributed by atoms with Crippen molar-refractivity contribution in [1.82, 2.24) is 0 Å². The molecule has 0 heterocycles. The summed E-state index contributed by atoms with van der Waals surface area (Å²) in [6.45, 7) is 0. The average Bonchev–Trinajstić information content (AvgIpc) is 2.20. The van der Waals surface area contributed by atoms with Gasteiger partial charge >= 0.3 is 0 Å². The van der Waals surface area contributed by atoms with Crippen molar-refractivity contribution in [2.75, 3.05) is 0 Å². The summed E-state index contributed by atoms with van der Waals surface area (Å²) in [4.78, 5) is 10.0. The van der Waals surface area contributed by atoms with Crippen molar-refractivity contribution < 1.29 is 4.92 Å². The SMILES string of the molecule is NC(N)=NN=Cc1cc([N+](=O)[O-])ccc1Br. The molecule has 0 saturated carbocycles. The quantitative estimate of drug-likeness (QED) is 0.372. The van der Waals surface area contributed by atoms with Crippen molar-refractivity contribution in [2.24, 2.45) is 21.7 Å². The zero-order chi connectivity index (χ0) is 12.1. The van der Waals surface area contributed by atoms with Crippen molar-refractivity contribution in [2.45, 2.75) is 0 Å². The summed E-state index contributed by atoms with van der Waals surface area (Å²) in [7, 11) is 0. The van der Waals surface area contributed by atoms with Crippen LogP contribution in [0.3, 0.4) is 0 Å². The van der Waals surface area contributed by atoms with Crippen LogP contribution in [0.25, 0.3) is 0 Å². The van der Waals surface area contributed by atoms with Crippen LogP contribution >= 0.6 is 15.9 Å². The maximum Gasteiger partial charge on any atom is 0.270 e. The van der Waals surface area contributed by atoms with E-state index in [1.807, 2.05) is 0 Å². The molecule has 0 aliphatic rings. The molecule has 4 N–H and O–H groups in total. The molecule has 0 radical (unpaired) electrons. The summed E-state index contributed by atoms with van der Waals surface area (Å²) in [6, 6.07) is 4.28. The number of non-ortho nitro benzene ring substituents is 1. The third-order valence-corrected chi connectivity index (χ3v) is 2.28. The van der Waals surface area contributed by atoms with Gasteiger partial charge in [-0.25, -0.2) is 0 Å². The monoisotopic (exact) mass is 285 g/mol. The molecular formula is C8H8BrN5O2. The molecule has 0 aliphatic heterocycles. The average molecular weight is 286 g/mol. The number of hydrogen-bond donors (Lipinski definition) is 2. The Balaban J connectivity index is 3.03. The Labute approximate surface area is 99.1 Å². The first-order valence-electron chi connectivity index (χ1n) is 4.06. The number of nitro benzene ring substituents is 1. The Morgan fingerprint density at radius 1 is 1.50 bits per heavy atom. The zero-order valence-electron chi connectivity index (χ0n) is 8.00. The van der Waals surface area contributed by atoms with Gasteiger partial charge in [0.1, 0.15) is 0 Å². The molecule has 1 rings (SSSR count). The molecule has 0 saturated heterocycles. The van der Waals surface area contributed by atoms with Gasteiger partial charge in [0.05, 0.1) is 11.1 Å². The van der Waals surface area contributed by atoms with Gasteiger partial charge < -0.3 is 11.5 Å². The Morgan fingerprint density at radius 2 is 2.19 bits per heavy atom. The fourth-order valence-electron chi connectivity index (χ4n) is 0.901. The lowest BCUT2D eigenvalue weighted by Crippen LogP contribution is -2.21. The normalized spacial score (nSPS) is 10.3. The Morgan fingerprint density at radius 3 is 2.75 bits per heavy atom. The van der Waals surface area contributed by atoms with E-state index in [0.717, 1.165) is 0 Å². The lowest BCUT2D eigenvalue weighted by Gasteiger charge is -1.97. The molecule has 0 aliphatic carbocycles. The number of benzene rings is 1. The van der Waals surface area contributed by atoms with E-state index in [4.69, 9.17) is 11.5 Å². The second kappa shape index (κ2) is 5.21. The first kappa shape index (κ1) is 12.1. The highest BCUT2D eigenvalue weighted by molar-refractivity contribution is 9.10. The molecule has 84 valence electrons. The van der Waals surface area contributed by atoms with E-state index in [1.54, 1.807) is 6.07 Å². The smallest absolute Gasteiger partial charge is 0.270 e. The third-order valence-electron chi connectivity index (χ3n) is 1.56. The highest BCUT2D eigenvalue weighted by Crippen LogP contribution is 2.20. The van der Waals surface area contributed by atoms with E-state index in [1.165, 1.54) is 18.3 Å². The van der Waals surface area contributed by atoms with Gasteiger partial charge in [0.15, 0.2) is 0 Å². The minimum Gasteiger partial charge on any atom is -0.369 e. The van der Waals surface area contributed by atoms with Gasteiger partial charge in [-0.05, 0) is 6.07 Å². The molecule has 7 nitrogen and oxygen atoms in total. The fraction of sp³-hybridized carbons (Fsp3) is 0. The highest BCUT2D eigenvalue weighted by Gasteiger charge is 2.07. The molecule has 0 atom stereocenters. The van der Waals surface area contributed by atoms with E-state index >= 15 is 0 Å². The maximum atomic E-state index is 10.5. The predicted octanol–water partition coefficient (Wildman–Crippen LogP) is 0.965. The number of rotatable bonds is 3. The van der Waals surface area contributed by atoms with Gasteiger partial charge in [-0.15, -0.1) is 5.10 Å². The van der Waals surface area contributed by atoms with Crippen molar-refractivity contribution >= 4 is 33.8 Å². The summed E-state index contributed by atoms with van der Waals surface area (Å²) >= 11 is 3.22. The van der Waals surface area contributed by atoms with Gasteiger partial charge in [0.25, 0.3) is 5.69 Å². The van der Waals surface area contributed by atoms with Crippen LogP contribution in [0.15, 0.2) is 32.9 Å². The van der Waals surface area contributed by atoms with Crippen molar-refractivity contribution in [3.63, 3.8) is 0 Å². The molecule has 1 aromatic rings. The van der Waals surface area contributed by atoms with E-state index < -0.39 is 4.92 Å². The Hall–Kier alpha value is -1.96. The van der Waals surface area contributed by atoms with Crippen LogP contribution in [0.5, 0.6) is 0 Å².